The lowest BCUT2D eigenvalue weighted by molar-refractivity contribution is -0.385. The molecule has 25 heavy (non-hydrogen) atoms. The van der Waals surface area contributed by atoms with Crippen molar-refractivity contribution >= 4 is 11.6 Å². The maximum atomic E-state index is 12.6. The van der Waals surface area contributed by atoms with Gasteiger partial charge in [0.1, 0.15) is 5.69 Å². The molecule has 0 aliphatic rings. The number of aliphatic hydroxyl groups is 1. The number of nitro groups is 1. The first-order valence-corrected chi connectivity index (χ1v) is 8.15. The van der Waals surface area contributed by atoms with Gasteiger partial charge in [-0.25, -0.2) is 0 Å². The molecule has 2 aromatic rings. The van der Waals surface area contributed by atoms with Gasteiger partial charge < -0.3 is 10.4 Å². The fraction of sp³-hybridized carbons (Fsp3) is 0.412. The summed E-state index contributed by atoms with van der Waals surface area (Å²) in [4.78, 5) is 23.3. The second-order valence-corrected chi connectivity index (χ2v) is 5.66. The Hall–Kier alpha value is -2.74. The van der Waals surface area contributed by atoms with Crippen molar-refractivity contribution in [3.8, 4) is 0 Å². The standard InChI is InChI=1S/C17H22N4O4/c1-4-12-6-8-13(9-7-12)14(10-22)18-17(23)16-15(21(24)25)11(3)19-20(16)5-2/h6-9,14,22H,4-5,10H2,1-3H3,(H,18,23). The quantitative estimate of drug-likeness (QED) is 0.589. The van der Waals surface area contributed by atoms with Crippen molar-refractivity contribution in [2.45, 2.75) is 39.8 Å². The predicted molar refractivity (Wildman–Crippen MR) is 92.4 cm³/mol. The Kier molecular flexibility index (Phi) is 5.87. The SMILES string of the molecule is CCc1ccc(C(CO)NC(=O)c2c([N+](=O)[O-])c(C)nn2CC)cc1. The number of benzene rings is 1. The monoisotopic (exact) mass is 346 g/mol. The maximum Gasteiger partial charge on any atom is 0.322 e. The number of carbonyl (C=O) groups is 1. The van der Waals surface area contributed by atoms with Crippen molar-refractivity contribution in [1.29, 1.82) is 0 Å². The van der Waals surface area contributed by atoms with E-state index in [2.05, 4.69) is 10.4 Å². The fourth-order valence-electron chi connectivity index (χ4n) is 2.69. The molecule has 0 fully saturated rings. The van der Waals surface area contributed by atoms with E-state index < -0.39 is 16.9 Å². The van der Waals surface area contributed by atoms with Crippen molar-refractivity contribution in [1.82, 2.24) is 15.1 Å². The van der Waals surface area contributed by atoms with Gasteiger partial charge in [0, 0.05) is 6.54 Å². The number of nitrogens with zero attached hydrogens (tertiary/aromatic N) is 3. The lowest BCUT2D eigenvalue weighted by Gasteiger charge is -2.17. The Labute approximate surface area is 145 Å². The molecule has 0 saturated carbocycles. The first-order chi connectivity index (χ1) is 11.9. The van der Waals surface area contributed by atoms with E-state index in [1.54, 1.807) is 6.92 Å². The zero-order valence-electron chi connectivity index (χ0n) is 14.5. The molecule has 8 heteroatoms. The average Bonchev–Trinajstić information content (AvgIpc) is 2.96. The van der Waals surface area contributed by atoms with Crippen molar-refractivity contribution in [3.05, 3.63) is 56.9 Å². The molecule has 2 rings (SSSR count). The molecule has 8 nitrogen and oxygen atoms in total. The van der Waals surface area contributed by atoms with Gasteiger partial charge in [-0.3, -0.25) is 19.6 Å². The molecular weight excluding hydrogens is 324 g/mol. The van der Waals surface area contributed by atoms with Crippen LogP contribution in [0.3, 0.4) is 0 Å². The van der Waals surface area contributed by atoms with Gasteiger partial charge in [0.25, 0.3) is 5.91 Å². The molecule has 1 aromatic carbocycles. The van der Waals surface area contributed by atoms with E-state index in [0.717, 1.165) is 17.5 Å². The Balaban J connectivity index is 2.32. The van der Waals surface area contributed by atoms with E-state index in [1.807, 2.05) is 31.2 Å². The molecule has 0 aliphatic heterocycles. The number of hydrogen-bond donors (Lipinski definition) is 2. The van der Waals surface area contributed by atoms with Crippen LogP contribution < -0.4 is 5.32 Å². The lowest BCUT2D eigenvalue weighted by atomic mass is 10.0. The van der Waals surface area contributed by atoms with Crippen molar-refractivity contribution in [3.63, 3.8) is 0 Å². The molecule has 2 N–H and O–H groups in total. The maximum absolute atomic E-state index is 12.6. The minimum Gasteiger partial charge on any atom is -0.394 e. The van der Waals surface area contributed by atoms with E-state index in [1.165, 1.54) is 11.6 Å². The summed E-state index contributed by atoms with van der Waals surface area (Å²) in [6, 6.07) is 6.85. The molecule has 0 radical (unpaired) electrons. The number of aliphatic hydroxyl groups excluding tert-OH is 1. The molecule has 1 amide bonds. The zero-order valence-corrected chi connectivity index (χ0v) is 14.5. The highest BCUT2D eigenvalue weighted by atomic mass is 16.6. The lowest BCUT2D eigenvalue weighted by Crippen LogP contribution is -2.32. The Morgan fingerprint density at radius 1 is 1.36 bits per heavy atom. The Morgan fingerprint density at radius 2 is 2.00 bits per heavy atom. The summed E-state index contributed by atoms with van der Waals surface area (Å²) in [7, 11) is 0. The van der Waals surface area contributed by atoms with E-state index in [4.69, 9.17) is 0 Å². The number of aromatic nitrogens is 2. The summed E-state index contributed by atoms with van der Waals surface area (Å²) in [6.07, 6.45) is 0.886. The van der Waals surface area contributed by atoms with E-state index in [9.17, 15) is 20.0 Å². The predicted octanol–water partition coefficient (Wildman–Crippen LogP) is 2.15. The smallest absolute Gasteiger partial charge is 0.322 e. The van der Waals surface area contributed by atoms with Gasteiger partial charge in [-0.15, -0.1) is 0 Å². The van der Waals surface area contributed by atoms with Crippen LogP contribution in [0.4, 0.5) is 5.69 Å². The molecule has 1 unspecified atom stereocenters. The Morgan fingerprint density at radius 3 is 2.48 bits per heavy atom. The van der Waals surface area contributed by atoms with Crippen LogP contribution in [0.2, 0.25) is 0 Å². The summed E-state index contributed by atoms with van der Waals surface area (Å²) in [5.74, 6) is -0.632. The molecule has 0 bridgehead atoms. The third kappa shape index (κ3) is 3.85. The minimum atomic E-state index is -0.654. The summed E-state index contributed by atoms with van der Waals surface area (Å²) in [6.45, 7) is 5.29. The van der Waals surface area contributed by atoms with Crippen molar-refractivity contribution in [2.75, 3.05) is 6.61 Å². The van der Waals surface area contributed by atoms with Crippen LogP contribution in [0.1, 0.15) is 47.2 Å². The van der Waals surface area contributed by atoms with Gasteiger partial charge in [0.05, 0.1) is 17.6 Å². The van der Waals surface area contributed by atoms with Gasteiger partial charge in [-0.1, -0.05) is 31.2 Å². The number of amides is 1. The van der Waals surface area contributed by atoms with Crippen LogP contribution in [-0.4, -0.2) is 32.3 Å². The molecule has 0 spiro atoms. The second kappa shape index (κ2) is 7.89. The average molecular weight is 346 g/mol. The summed E-state index contributed by atoms with van der Waals surface area (Å²) < 4.78 is 1.30. The molecule has 0 aliphatic carbocycles. The van der Waals surface area contributed by atoms with Crippen LogP contribution in [-0.2, 0) is 13.0 Å². The van der Waals surface area contributed by atoms with Crippen molar-refractivity contribution < 1.29 is 14.8 Å². The molecule has 1 heterocycles. The highest BCUT2D eigenvalue weighted by Gasteiger charge is 2.31. The van der Waals surface area contributed by atoms with Crippen LogP contribution in [0.5, 0.6) is 0 Å². The fourth-order valence-corrected chi connectivity index (χ4v) is 2.69. The summed E-state index contributed by atoms with van der Waals surface area (Å²) in [5, 5.41) is 27.7. The van der Waals surface area contributed by atoms with Crippen molar-refractivity contribution in [2.24, 2.45) is 0 Å². The van der Waals surface area contributed by atoms with Crippen LogP contribution in [0.25, 0.3) is 0 Å². The molecule has 1 aromatic heterocycles. The van der Waals surface area contributed by atoms with E-state index >= 15 is 0 Å². The first kappa shape index (κ1) is 18.6. The first-order valence-electron chi connectivity index (χ1n) is 8.15. The zero-order chi connectivity index (χ0) is 18.6. The van der Waals surface area contributed by atoms with Gasteiger partial charge in [-0.05, 0) is 31.4 Å². The highest BCUT2D eigenvalue weighted by molar-refractivity contribution is 5.97. The van der Waals surface area contributed by atoms with Crippen LogP contribution in [0, 0.1) is 17.0 Å². The Bertz CT molecular complexity index is 768. The second-order valence-electron chi connectivity index (χ2n) is 5.66. The third-order valence-electron chi connectivity index (χ3n) is 4.07. The van der Waals surface area contributed by atoms with Gasteiger partial charge in [-0.2, -0.15) is 5.10 Å². The minimum absolute atomic E-state index is 0.103. The number of carbonyl (C=O) groups excluding carboxylic acids is 1. The highest BCUT2D eigenvalue weighted by Crippen LogP contribution is 2.24. The van der Waals surface area contributed by atoms with Crippen LogP contribution >= 0.6 is 0 Å². The van der Waals surface area contributed by atoms with Gasteiger partial charge in [0.15, 0.2) is 0 Å². The molecular formula is C17H22N4O4. The number of nitrogens with one attached hydrogen (secondary N) is 1. The third-order valence-corrected chi connectivity index (χ3v) is 4.07. The molecule has 134 valence electrons. The van der Waals surface area contributed by atoms with Crippen LogP contribution in [0.15, 0.2) is 24.3 Å². The number of aryl methyl sites for hydroxylation is 3. The van der Waals surface area contributed by atoms with E-state index in [0.29, 0.717) is 6.54 Å². The molecule has 1 atom stereocenters. The normalized spacial score (nSPS) is 12.0. The topological polar surface area (TPSA) is 110 Å². The molecule has 0 saturated heterocycles. The van der Waals surface area contributed by atoms with Gasteiger partial charge >= 0.3 is 5.69 Å². The summed E-state index contributed by atoms with van der Waals surface area (Å²) in [5.41, 5.74) is 1.65. The number of rotatable bonds is 7. The largest absolute Gasteiger partial charge is 0.394 e. The van der Waals surface area contributed by atoms with Gasteiger partial charge in [0.2, 0.25) is 5.69 Å². The number of hydrogen-bond acceptors (Lipinski definition) is 5. The van der Waals surface area contributed by atoms with E-state index in [-0.39, 0.29) is 23.7 Å². The summed E-state index contributed by atoms with van der Waals surface area (Å²) >= 11 is 0.